The van der Waals surface area contributed by atoms with Crippen LogP contribution in [0.3, 0.4) is 0 Å². The molecule has 1 heterocycles. The molecule has 0 aromatic carbocycles. The van der Waals surface area contributed by atoms with Crippen LogP contribution in [0.1, 0.15) is 31.3 Å². The number of amides is 1. The maximum atomic E-state index is 11.8. The van der Waals surface area contributed by atoms with Crippen LogP contribution in [0.5, 0.6) is 0 Å². The first-order chi connectivity index (χ1) is 6.84. The molecule has 1 rings (SSSR count). The topological polar surface area (TPSA) is 72.9 Å². The van der Waals surface area contributed by atoms with Crippen molar-refractivity contribution in [3.8, 4) is 0 Å². The van der Waals surface area contributed by atoms with E-state index in [1.54, 1.807) is 17.9 Å². The largest absolute Gasteiger partial charge is 0.344 e. The van der Waals surface area contributed by atoms with Gasteiger partial charge >= 0.3 is 0 Å². The van der Waals surface area contributed by atoms with E-state index in [2.05, 4.69) is 10.3 Å². The maximum absolute atomic E-state index is 11.8. The van der Waals surface area contributed by atoms with Gasteiger partial charge in [0.1, 0.15) is 5.69 Å². The van der Waals surface area contributed by atoms with E-state index in [1.807, 2.05) is 20.8 Å². The van der Waals surface area contributed by atoms with Crippen molar-refractivity contribution in [1.82, 2.24) is 14.9 Å². The van der Waals surface area contributed by atoms with Gasteiger partial charge in [-0.05, 0) is 20.8 Å². The third-order valence-electron chi connectivity index (χ3n) is 2.62. The molecule has 0 aliphatic heterocycles. The van der Waals surface area contributed by atoms with Crippen LogP contribution in [-0.4, -0.2) is 27.0 Å². The molecular formula is C10H18N4O. The highest BCUT2D eigenvalue weighted by Crippen LogP contribution is 2.08. The van der Waals surface area contributed by atoms with Gasteiger partial charge < -0.3 is 15.6 Å². The molecule has 0 spiro atoms. The number of rotatable bonds is 3. The van der Waals surface area contributed by atoms with Crippen LogP contribution in [0.15, 0.2) is 12.5 Å². The van der Waals surface area contributed by atoms with Crippen molar-refractivity contribution in [1.29, 1.82) is 0 Å². The number of nitrogens with zero attached hydrogens (tertiary/aromatic N) is 2. The smallest absolute Gasteiger partial charge is 0.270 e. The van der Waals surface area contributed by atoms with Crippen LogP contribution in [-0.2, 0) is 7.05 Å². The fourth-order valence-corrected chi connectivity index (χ4v) is 1.05. The number of nitrogens with two attached hydrogens (primary N) is 1. The summed E-state index contributed by atoms with van der Waals surface area (Å²) < 4.78 is 1.67. The Kier molecular flexibility index (Phi) is 3.14. The number of imidazole rings is 1. The molecule has 5 nitrogen and oxygen atoms in total. The van der Waals surface area contributed by atoms with Gasteiger partial charge in [0.2, 0.25) is 0 Å². The monoisotopic (exact) mass is 210 g/mol. The molecule has 0 fully saturated rings. The predicted molar refractivity (Wildman–Crippen MR) is 58.4 cm³/mol. The summed E-state index contributed by atoms with van der Waals surface area (Å²) in [6.07, 6.45) is 3.13. The first-order valence-electron chi connectivity index (χ1n) is 4.89. The fraction of sp³-hybridized carbons (Fsp3) is 0.600. The normalized spacial score (nSPS) is 13.7. The minimum Gasteiger partial charge on any atom is -0.344 e. The lowest BCUT2D eigenvalue weighted by atomic mass is 9.97. The number of aryl methyl sites for hydroxylation is 1. The lowest BCUT2D eigenvalue weighted by Crippen LogP contribution is -2.54. The second-order valence-corrected chi connectivity index (χ2v) is 4.35. The van der Waals surface area contributed by atoms with E-state index in [0.29, 0.717) is 5.69 Å². The van der Waals surface area contributed by atoms with Gasteiger partial charge in [0.05, 0.1) is 12.5 Å². The van der Waals surface area contributed by atoms with E-state index < -0.39 is 5.54 Å². The second kappa shape index (κ2) is 4.02. The van der Waals surface area contributed by atoms with Gasteiger partial charge in [0.15, 0.2) is 0 Å². The summed E-state index contributed by atoms with van der Waals surface area (Å²) >= 11 is 0. The van der Waals surface area contributed by atoms with Gasteiger partial charge in [-0.25, -0.2) is 4.98 Å². The molecule has 1 atom stereocenters. The van der Waals surface area contributed by atoms with E-state index in [9.17, 15) is 4.79 Å². The second-order valence-electron chi connectivity index (χ2n) is 4.35. The third-order valence-corrected chi connectivity index (χ3v) is 2.62. The Balaban J connectivity index is 2.77. The van der Waals surface area contributed by atoms with E-state index in [0.717, 1.165) is 0 Å². The summed E-state index contributed by atoms with van der Waals surface area (Å²) in [6.45, 7) is 5.65. The molecule has 0 saturated heterocycles. The Hall–Kier alpha value is -1.36. The zero-order valence-corrected chi connectivity index (χ0v) is 9.61. The van der Waals surface area contributed by atoms with Gasteiger partial charge in [-0.3, -0.25) is 4.79 Å². The molecule has 1 unspecified atom stereocenters. The van der Waals surface area contributed by atoms with Crippen molar-refractivity contribution in [2.45, 2.75) is 32.4 Å². The minimum absolute atomic E-state index is 0.116. The molecule has 0 saturated carbocycles. The van der Waals surface area contributed by atoms with Crippen LogP contribution in [0, 0.1) is 0 Å². The Morgan fingerprint density at radius 3 is 2.67 bits per heavy atom. The molecule has 1 amide bonds. The Labute approximate surface area is 89.7 Å². The van der Waals surface area contributed by atoms with Crippen molar-refractivity contribution >= 4 is 5.91 Å². The van der Waals surface area contributed by atoms with Crippen molar-refractivity contribution in [3.05, 3.63) is 18.2 Å². The van der Waals surface area contributed by atoms with Gasteiger partial charge in [-0.15, -0.1) is 0 Å². The number of aromatic nitrogens is 2. The van der Waals surface area contributed by atoms with Gasteiger partial charge in [0.25, 0.3) is 5.91 Å². The average molecular weight is 210 g/mol. The van der Waals surface area contributed by atoms with Crippen LogP contribution < -0.4 is 11.1 Å². The lowest BCUT2D eigenvalue weighted by molar-refractivity contribution is 0.0895. The Bertz CT molecular complexity index is 354. The summed E-state index contributed by atoms with van der Waals surface area (Å²) in [4.78, 5) is 15.7. The molecule has 0 aliphatic rings. The molecule has 3 N–H and O–H groups in total. The first-order valence-corrected chi connectivity index (χ1v) is 4.89. The molecule has 15 heavy (non-hydrogen) atoms. The zero-order valence-electron chi connectivity index (χ0n) is 9.61. The van der Waals surface area contributed by atoms with Gasteiger partial charge in [0, 0.05) is 18.6 Å². The summed E-state index contributed by atoms with van der Waals surface area (Å²) in [5.74, 6) is -0.155. The molecular weight excluding hydrogens is 192 g/mol. The standard InChI is InChI=1S/C10H18N4O/c1-7(11)10(2,3)13-9(15)8-5-12-6-14(8)4/h5-7H,11H2,1-4H3,(H,13,15). The molecule has 0 radical (unpaired) electrons. The van der Waals surface area contributed by atoms with Crippen LogP contribution in [0.25, 0.3) is 0 Å². The van der Waals surface area contributed by atoms with E-state index >= 15 is 0 Å². The highest BCUT2D eigenvalue weighted by Gasteiger charge is 2.26. The number of carbonyl (C=O) groups excluding carboxylic acids is 1. The van der Waals surface area contributed by atoms with Crippen molar-refractivity contribution in [2.24, 2.45) is 12.8 Å². The molecule has 0 aliphatic carbocycles. The SMILES string of the molecule is CC(N)C(C)(C)NC(=O)c1cncn1C. The number of hydrogen-bond acceptors (Lipinski definition) is 3. The summed E-state index contributed by atoms with van der Waals surface area (Å²) in [5.41, 5.74) is 5.87. The summed E-state index contributed by atoms with van der Waals surface area (Å²) in [6, 6.07) is -0.116. The van der Waals surface area contributed by atoms with Crippen molar-refractivity contribution < 1.29 is 4.79 Å². The first kappa shape index (κ1) is 11.7. The summed E-state index contributed by atoms with van der Waals surface area (Å²) in [5, 5.41) is 2.87. The van der Waals surface area contributed by atoms with Crippen molar-refractivity contribution in [3.63, 3.8) is 0 Å². The fourth-order valence-electron chi connectivity index (χ4n) is 1.05. The number of nitrogens with one attached hydrogen (secondary N) is 1. The molecule has 1 aromatic rings. The van der Waals surface area contributed by atoms with E-state index in [-0.39, 0.29) is 11.9 Å². The molecule has 84 valence electrons. The maximum Gasteiger partial charge on any atom is 0.270 e. The third kappa shape index (κ3) is 2.56. The van der Waals surface area contributed by atoms with Crippen LogP contribution in [0.4, 0.5) is 0 Å². The lowest BCUT2D eigenvalue weighted by Gasteiger charge is -2.30. The van der Waals surface area contributed by atoms with Gasteiger partial charge in [-0.1, -0.05) is 0 Å². The average Bonchev–Trinajstić information content (AvgIpc) is 2.50. The number of carbonyl (C=O) groups is 1. The van der Waals surface area contributed by atoms with Crippen molar-refractivity contribution in [2.75, 3.05) is 0 Å². The van der Waals surface area contributed by atoms with Crippen LogP contribution >= 0.6 is 0 Å². The predicted octanol–water partition coefficient (Wildman–Crippen LogP) is 0.276. The van der Waals surface area contributed by atoms with Gasteiger partial charge in [-0.2, -0.15) is 0 Å². The minimum atomic E-state index is -0.429. The summed E-state index contributed by atoms with van der Waals surface area (Å²) in [7, 11) is 1.78. The quantitative estimate of drug-likeness (QED) is 0.752. The van der Waals surface area contributed by atoms with E-state index in [4.69, 9.17) is 5.73 Å². The Morgan fingerprint density at radius 1 is 1.67 bits per heavy atom. The van der Waals surface area contributed by atoms with E-state index in [1.165, 1.54) is 6.20 Å². The molecule has 5 heteroatoms. The molecule has 1 aromatic heterocycles. The Morgan fingerprint density at radius 2 is 2.27 bits per heavy atom. The highest BCUT2D eigenvalue weighted by atomic mass is 16.2. The number of hydrogen-bond donors (Lipinski definition) is 2. The highest BCUT2D eigenvalue weighted by molar-refractivity contribution is 5.92. The molecule has 0 bridgehead atoms. The zero-order chi connectivity index (χ0) is 11.6. The van der Waals surface area contributed by atoms with Crippen LogP contribution in [0.2, 0.25) is 0 Å².